The maximum Gasteiger partial charge on any atom is 0.255 e. The molecule has 1 amide bonds. The van der Waals surface area contributed by atoms with Gasteiger partial charge in [0.1, 0.15) is 11.6 Å². The van der Waals surface area contributed by atoms with Gasteiger partial charge in [0.05, 0.1) is 17.4 Å². The Kier molecular flexibility index (Phi) is 6.34. The largest absolute Gasteiger partial charge is 0.381 e. The zero-order chi connectivity index (χ0) is 20.1. The summed E-state index contributed by atoms with van der Waals surface area (Å²) < 4.78 is 0. The molecule has 0 bridgehead atoms. The summed E-state index contributed by atoms with van der Waals surface area (Å²) in [7, 11) is 7.84. The zero-order valence-electron chi connectivity index (χ0n) is 17.2. The van der Waals surface area contributed by atoms with Crippen LogP contribution in [-0.4, -0.2) is 68.1 Å². The molecular weight excluding hydrogens is 352 g/mol. The van der Waals surface area contributed by atoms with E-state index < -0.39 is 0 Å². The Morgan fingerprint density at radius 3 is 2.21 bits per heavy atom. The van der Waals surface area contributed by atoms with Crippen LogP contribution in [0.25, 0.3) is 0 Å². The Balaban J connectivity index is 1.57. The summed E-state index contributed by atoms with van der Waals surface area (Å²) in [6.07, 6.45) is 6.49. The van der Waals surface area contributed by atoms with Crippen molar-refractivity contribution in [1.29, 1.82) is 0 Å². The number of nitrogens with zero attached hydrogens (tertiary/aromatic N) is 5. The number of hydrogen-bond acceptors (Lipinski definition) is 6. The molecule has 0 unspecified atom stereocenters. The van der Waals surface area contributed by atoms with Crippen molar-refractivity contribution in [1.82, 2.24) is 14.9 Å². The number of nitrogens with one attached hydrogen (secondary N) is 1. The second-order valence-electron chi connectivity index (χ2n) is 7.66. The van der Waals surface area contributed by atoms with Crippen LogP contribution in [0.2, 0.25) is 0 Å². The lowest BCUT2D eigenvalue weighted by Gasteiger charge is -2.21. The number of anilines is 3. The van der Waals surface area contributed by atoms with Gasteiger partial charge in [-0.2, -0.15) is 0 Å². The van der Waals surface area contributed by atoms with E-state index in [1.807, 2.05) is 67.3 Å². The van der Waals surface area contributed by atoms with Crippen molar-refractivity contribution >= 4 is 23.2 Å². The molecule has 3 heterocycles. The van der Waals surface area contributed by atoms with Crippen molar-refractivity contribution < 1.29 is 4.79 Å². The van der Waals surface area contributed by atoms with E-state index in [2.05, 4.69) is 21.4 Å². The summed E-state index contributed by atoms with van der Waals surface area (Å²) in [5, 5.41) is 3.57. The van der Waals surface area contributed by atoms with Crippen LogP contribution >= 0.6 is 0 Å². The maximum atomic E-state index is 12.8. The summed E-state index contributed by atoms with van der Waals surface area (Å²) in [4.78, 5) is 27.5. The van der Waals surface area contributed by atoms with Crippen LogP contribution < -0.4 is 15.1 Å². The highest BCUT2D eigenvalue weighted by molar-refractivity contribution is 5.94. The average molecular weight is 383 g/mol. The van der Waals surface area contributed by atoms with Crippen LogP contribution in [0.1, 0.15) is 29.6 Å². The minimum atomic E-state index is 0.0652. The molecule has 150 valence electrons. The molecule has 0 spiro atoms. The minimum absolute atomic E-state index is 0.0652. The van der Waals surface area contributed by atoms with E-state index in [-0.39, 0.29) is 5.91 Å². The summed E-state index contributed by atoms with van der Waals surface area (Å²) in [5.74, 6) is 1.86. The summed E-state index contributed by atoms with van der Waals surface area (Å²) in [6.45, 7) is 1.53. The summed E-state index contributed by atoms with van der Waals surface area (Å²) in [6, 6.07) is 8.18. The van der Waals surface area contributed by atoms with E-state index in [1.165, 1.54) is 0 Å². The highest BCUT2D eigenvalue weighted by atomic mass is 16.2. The number of rotatable bonds is 5. The number of aromatic nitrogens is 2. The average Bonchev–Trinajstić information content (AvgIpc) is 2.93. The normalized spacial score (nSPS) is 17.0. The lowest BCUT2D eigenvalue weighted by molar-refractivity contribution is 0.0761. The van der Waals surface area contributed by atoms with Gasteiger partial charge in [-0.05, 0) is 43.5 Å². The number of carbonyl (C=O) groups is 1. The van der Waals surface area contributed by atoms with Crippen LogP contribution in [0.5, 0.6) is 0 Å². The SMILES string of the molecule is CN(C)c1ccc(N[C@@H]2CCCN(C(=O)c3ccc(N(C)C)nc3)CC2)cn1. The van der Waals surface area contributed by atoms with E-state index in [9.17, 15) is 4.79 Å². The van der Waals surface area contributed by atoms with Gasteiger partial charge in [-0.1, -0.05) is 0 Å². The first kappa shape index (κ1) is 19.9. The predicted molar refractivity (Wildman–Crippen MR) is 114 cm³/mol. The Morgan fingerprint density at radius 1 is 0.964 bits per heavy atom. The van der Waals surface area contributed by atoms with Crippen LogP contribution in [-0.2, 0) is 0 Å². The van der Waals surface area contributed by atoms with Crippen molar-refractivity contribution in [2.45, 2.75) is 25.3 Å². The number of likely N-dealkylation sites (tertiary alicyclic amines) is 1. The standard InChI is InChI=1S/C21H30N6O/c1-25(2)19-9-7-16(14-22-19)21(28)27-12-5-6-17(11-13-27)24-18-8-10-20(23-15-18)26(3)4/h7-10,14-15,17,24H,5-6,11-13H2,1-4H3/t17-/m1/s1. The molecule has 1 N–H and O–H groups in total. The van der Waals surface area contributed by atoms with Gasteiger partial charge in [0.25, 0.3) is 5.91 Å². The number of hydrogen-bond donors (Lipinski definition) is 1. The Morgan fingerprint density at radius 2 is 1.64 bits per heavy atom. The monoisotopic (exact) mass is 382 g/mol. The van der Waals surface area contributed by atoms with Gasteiger partial charge in [0.2, 0.25) is 0 Å². The van der Waals surface area contributed by atoms with E-state index in [4.69, 9.17) is 0 Å². The third kappa shape index (κ3) is 4.91. The Bertz CT molecular complexity index is 772. The van der Waals surface area contributed by atoms with Crippen molar-refractivity contribution in [2.75, 3.05) is 56.4 Å². The molecule has 0 saturated carbocycles. The molecule has 0 aromatic carbocycles. The molecule has 3 rings (SSSR count). The predicted octanol–water partition coefficient (Wildman–Crippen LogP) is 2.72. The number of carbonyl (C=O) groups excluding carboxylic acids is 1. The van der Waals surface area contributed by atoms with Gasteiger partial charge < -0.3 is 20.0 Å². The quantitative estimate of drug-likeness (QED) is 0.858. The number of pyridine rings is 2. The van der Waals surface area contributed by atoms with E-state index in [0.717, 1.165) is 49.7 Å². The molecule has 7 heteroatoms. The lowest BCUT2D eigenvalue weighted by Crippen LogP contribution is -2.32. The second-order valence-corrected chi connectivity index (χ2v) is 7.66. The molecule has 1 aliphatic heterocycles. The summed E-state index contributed by atoms with van der Waals surface area (Å²) >= 11 is 0. The maximum absolute atomic E-state index is 12.8. The Labute approximate surface area is 167 Å². The summed E-state index contributed by atoms with van der Waals surface area (Å²) in [5.41, 5.74) is 1.68. The molecule has 2 aromatic rings. The van der Waals surface area contributed by atoms with Crippen molar-refractivity contribution in [3.05, 3.63) is 42.2 Å². The smallest absolute Gasteiger partial charge is 0.255 e. The topological polar surface area (TPSA) is 64.6 Å². The second kappa shape index (κ2) is 8.91. The first-order chi connectivity index (χ1) is 13.4. The van der Waals surface area contributed by atoms with Gasteiger partial charge >= 0.3 is 0 Å². The first-order valence-electron chi connectivity index (χ1n) is 9.76. The van der Waals surface area contributed by atoms with Gasteiger partial charge in [-0.25, -0.2) is 9.97 Å². The van der Waals surface area contributed by atoms with E-state index in [1.54, 1.807) is 6.20 Å². The first-order valence-corrected chi connectivity index (χ1v) is 9.76. The third-order valence-electron chi connectivity index (χ3n) is 5.05. The van der Waals surface area contributed by atoms with Crippen LogP contribution in [0.4, 0.5) is 17.3 Å². The third-order valence-corrected chi connectivity index (χ3v) is 5.05. The highest BCUT2D eigenvalue weighted by Gasteiger charge is 2.22. The number of amides is 1. The van der Waals surface area contributed by atoms with Crippen molar-refractivity contribution in [2.24, 2.45) is 0 Å². The van der Waals surface area contributed by atoms with Crippen LogP contribution in [0.3, 0.4) is 0 Å². The van der Waals surface area contributed by atoms with Gasteiger partial charge in [0, 0.05) is 53.5 Å². The Hall–Kier alpha value is -2.83. The molecule has 1 saturated heterocycles. The van der Waals surface area contributed by atoms with E-state index >= 15 is 0 Å². The molecule has 0 aliphatic carbocycles. The van der Waals surface area contributed by atoms with Crippen molar-refractivity contribution in [3.8, 4) is 0 Å². The molecular formula is C21H30N6O. The van der Waals surface area contributed by atoms with Gasteiger partial charge in [-0.15, -0.1) is 0 Å². The van der Waals surface area contributed by atoms with Crippen molar-refractivity contribution in [3.63, 3.8) is 0 Å². The molecule has 0 radical (unpaired) electrons. The van der Waals surface area contributed by atoms with E-state index in [0.29, 0.717) is 11.6 Å². The fraction of sp³-hybridized carbons (Fsp3) is 0.476. The van der Waals surface area contributed by atoms with Gasteiger partial charge in [-0.3, -0.25) is 4.79 Å². The van der Waals surface area contributed by atoms with Crippen LogP contribution in [0, 0.1) is 0 Å². The molecule has 7 nitrogen and oxygen atoms in total. The fourth-order valence-electron chi connectivity index (χ4n) is 3.38. The molecule has 1 atom stereocenters. The van der Waals surface area contributed by atoms with Gasteiger partial charge in [0.15, 0.2) is 0 Å². The minimum Gasteiger partial charge on any atom is -0.381 e. The lowest BCUT2D eigenvalue weighted by atomic mass is 10.1. The van der Waals surface area contributed by atoms with Crippen LogP contribution in [0.15, 0.2) is 36.7 Å². The fourth-order valence-corrected chi connectivity index (χ4v) is 3.38. The molecule has 28 heavy (non-hydrogen) atoms. The molecule has 2 aromatic heterocycles. The molecule has 1 aliphatic rings. The molecule has 1 fully saturated rings. The highest BCUT2D eigenvalue weighted by Crippen LogP contribution is 2.19. The zero-order valence-corrected chi connectivity index (χ0v) is 17.2.